The number of fused-ring (bicyclic) bond motifs is 1. The SMILES string of the molecule is O=c1[nH]c(-c2ccc(C(F)(F)F)cc2)nc2c1CCN(Cc1c(Cl)ncnc1Cl)C2. The van der Waals surface area contributed by atoms with Crippen molar-refractivity contribution in [2.24, 2.45) is 0 Å². The summed E-state index contributed by atoms with van der Waals surface area (Å²) in [4.78, 5) is 29.5. The van der Waals surface area contributed by atoms with Crippen LogP contribution in [0.4, 0.5) is 13.2 Å². The van der Waals surface area contributed by atoms with Gasteiger partial charge in [-0.1, -0.05) is 35.3 Å². The molecule has 1 N–H and O–H groups in total. The third-order valence-corrected chi connectivity index (χ3v) is 5.51. The molecule has 4 rings (SSSR count). The second-order valence-electron chi connectivity index (χ2n) is 6.81. The number of benzene rings is 1. The van der Waals surface area contributed by atoms with Crippen LogP contribution in [-0.2, 0) is 25.7 Å². The standard InChI is InChI=1S/C19H14Cl2F3N5O/c20-15-13(16(21)26-9-25-15)7-29-6-5-12-14(8-29)27-17(28-18(12)30)10-1-3-11(4-2-10)19(22,23)24/h1-4,9H,5-8H2,(H,27,28,30). The summed E-state index contributed by atoms with van der Waals surface area (Å²) in [6, 6.07) is 4.49. The third-order valence-electron chi connectivity index (χ3n) is 4.86. The van der Waals surface area contributed by atoms with Gasteiger partial charge in [0.25, 0.3) is 5.56 Å². The third kappa shape index (κ3) is 4.19. The van der Waals surface area contributed by atoms with Gasteiger partial charge in [-0.15, -0.1) is 0 Å². The molecule has 0 spiro atoms. The van der Waals surface area contributed by atoms with Gasteiger partial charge in [-0.25, -0.2) is 15.0 Å². The van der Waals surface area contributed by atoms with E-state index >= 15 is 0 Å². The summed E-state index contributed by atoms with van der Waals surface area (Å²) in [5.74, 6) is 0.216. The number of aromatic nitrogens is 4. The van der Waals surface area contributed by atoms with Crippen molar-refractivity contribution in [2.75, 3.05) is 6.54 Å². The van der Waals surface area contributed by atoms with Gasteiger partial charge in [0.15, 0.2) is 0 Å². The van der Waals surface area contributed by atoms with E-state index in [1.165, 1.54) is 18.5 Å². The highest BCUT2D eigenvalue weighted by molar-refractivity contribution is 6.34. The molecule has 1 aliphatic rings. The molecule has 0 saturated carbocycles. The number of halogens is 5. The predicted molar refractivity (Wildman–Crippen MR) is 105 cm³/mol. The molecule has 0 aliphatic carbocycles. The van der Waals surface area contributed by atoms with Crippen LogP contribution in [-0.4, -0.2) is 31.4 Å². The van der Waals surface area contributed by atoms with Crippen LogP contribution in [0.3, 0.4) is 0 Å². The molecule has 6 nitrogen and oxygen atoms in total. The summed E-state index contributed by atoms with van der Waals surface area (Å²) in [6.45, 7) is 1.31. The average molecular weight is 456 g/mol. The summed E-state index contributed by atoms with van der Waals surface area (Å²) < 4.78 is 38.3. The van der Waals surface area contributed by atoms with E-state index in [9.17, 15) is 18.0 Å². The van der Waals surface area contributed by atoms with E-state index < -0.39 is 11.7 Å². The van der Waals surface area contributed by atoms with Crippen molar-refractivity contribution in [1.29, 1.82) is 0 Å². The van der Waals surface area contributed by atoms with Crippen LogP contribution in [0.2, 0.25) is 10.3 Å². The van der Waals surface area contributed by atoms with Gasteiger partial charge in [-0.05, 0) is 18.6 Å². The van der Waals surface area contributed by atoms with Gasteiger partial charge in [0, 0.05) is 36.3 Å². The van der Waals surface area contributed by atoms with Crippen molar-refractivity contribution in [2.45, 2.75) is 25.7 Å². The number of alkyl halides is 3. The fourth-order valence-electron chi connectivity index (χ4n) is 3.31. The molecule has 2 aromatic heterocycles. The molecule has 1 aromatic carbocycles. The first kappa shape index (κ1) is 20.8. The fraction of sp³-hybridized carbons (Fsp3) is 0.263. The van der Waals surface area contributed by atoms with Crippen molar-refractivity contribution in [3.05, 3.63) is 73.6 Å². The molecule has 1 aliphatic heterocycles. The Kier molecular flexibility index (Phi) is 5.52. The Morgan fingerprint density at radius 2 is 1.77 bits per heavy atom. The van der Waals surface area contributed by atoms with Crippen molar-refractivity contribution in [3.63, 3.8) is 0 Å². The van der Waals surface area contributed by atoms with E-state index in [-0.39, 0.29) is 21.7 Å². The van der Waals surface area contributed by atoms with Crippen LogP contribution in [0.25, 0.3) is 11.4 Å². The molecule has 0 unspecified atom stereocenters. The van der Waals surface area contributed by atoms with Crippen LogP contribution in [0, 0.1) is 0 Å². The van der Waals surface area contributed by atoms with Crippen LogP contribution in [0.15, 0.2) is 35.4 Å². The highest BCUT2D eigenvalue weighted by Gasteiger charge is 2.30. The molecule has 0 radical (unpaired) electrons. The zero-order valence-electron chi connectivity index (χ0n) is 15.3. The van der Waals surface area contributed by atoms with Gasteiger partial charge in [0.2, 0.25) is 0 Å². The smallest absolute Gasteiger partial charge is 0.306 e. The number of rotatable bonds is 3. The summed E-state index contributed by atoms with van der Waals surface area (Å²) in [5.41, 5.74) is 1.03. The molecule has 0 fully saturated rings. The first-order valence-corrected chi connectivity index (χ1v) is 9.65. The Bertz CT molecular complexity index is 1130. The Hall–Kier alpha value is -2.49. The first-order chi connectivity index (χ1) is 14.2. The van der Waals surface area contributed by atoms with Crippen LogP contribution in [0.5, 0.6) is 0 Å². The Morgan fingerprint density at radius 3 is 2.40 bits per heavy atom. The minimum atomic E-state index is -4.43. The lowest BCUT2D eigenvalue weighted by Gasteiger charge is -2.28. The molecule has 0 amide bonds. The molecule has 0 saturated heterocycles. The minimum absolute atomic E-state index is 0.216. The molecule has 30 heavy (non-hydrogen) atoms. The fourth-order valence-corrected chi connectivity index (χ4v) is 3.74. The molecular weight excluding hydrogens is 442 g/mol. The van der Waals surface area contributed by atoms with E-state index in [1.54, 1.807) is 0 Å². The molecule has 0 bridgehead atoms. The monoisotopic (exact) mass is 455 g/mol. The minimum Gasteiger partial charge on any atom is -0.306 e. The lowest BCUT2D eigenvalue weighted by atomic mass is 10.0. The van der Waals surface area contributed by atoms with Crippen LogP contribution >= 0.6 is 23.2 Å². The molecule has 0 atom stereocenters. The maximum Gasteiger partial charge on any atom is 0.416 e. The largest absolute Gasteiger partial charge is 0.416 e. The Morgan fingerprint density at radius 1 is 1.10 bits per heavy atom. The first-order valence-electron chi connectivity index (χ1n) is 8.89. The van der Waals surface area contributed by atoms with Gasteiger partial charge in [0.05, 0.1) is 11.3 Å². The van der Waals surface area contributed by atoms with Crippen molar-refractivity contribution in [1.82, 2.24) is 24.8 Å². The normalized spacial score (nSPS) is 14.6. The Labute approximate surface area is 178 Å². The average Bonchev–Trinajstić information content (AvgIpc) is 2.70. The van der Waals surface area contributed by atoms with E-state index in [2.05, 4.69) is 19.9 Å². The molecule has 3 heterocycles. The van der Waals surface area contributed by atoms with Gasteiger partial charge >= 0.3 is 6.18 Å². The quantitative estimate of drug-likeness (QED) is 0.601. The zero-order valence-corrected chi connectivity index (χ0v) is 16.8. The van der Waals surface area contributed by atoms with E-state index in [1.807, 2.05) is 4.90 Å². The summed E-state index contributed by atoms with van der Waals surface area (Å²) in [6.07, 6.45) is -2.69. The highest BCUT2D eigenvalue weighted by Crippen LogP contribution is 2.30. The van der Waals surface area contributed by atoms with Crippen molar-refractivity contribution in [3.8, 4) is 11.4 Å². The number of nitrogens with one attached hydrogen (secondary N) is 1. The van der Waals surface area contributed by atoms with Gasteiger partial charge in [-0.2, -0.15) is 13.2 Å². The number of hydrogen-bond acceptors (Lipinski definition) is 5. The molecule has 156 valence electrons. The number of H-pyrrole nitrogens is 1. The molecular formula is C19H14Cl2F3N5O. The second-order valence-corrected chi connectivity index (χ2v) is 7.53. The van der Waals surface area contributed by atoms with Gasteiger partial charge < -0.3 is 4.98 Å². The number of aromatic amines is 1. The maximum absolute atomic E-state index is 12.8. The van der Waals surface area contributed by atoms with Crippen molar-refractivity contribution >= 4 is 23.2 Å². The predicted octanol–water partition coefficient (Wildman–Crippen LogP) is 4.11. The van der Waals surface area contributed by atoms with Gasteiger partial charge in [0.1, 0.15) is 22.5 Å². The summed E-state index contributed by atoms with van der Waals surface area (Å²) >= 11 is 12.2. The topological polar surface area (TPSA) is 74.8 Å². The Balaban J connectivity index is 1.61. The second kappa shape index (κ2) is 7.98. The van der Waals surface area contributed by atoms with Gasteiger partial charge in [-0.3, -0.25) is 9.69 Å². The van der Waals surface area contributed by atoms with E-state index in [0.717, 1.165) is 12.1 Å². The lowest BCUT2D eigenvalue weighted by molar-refractivity contribution is -0.137. The molecule has 11 heteroatoms. The van der Waals surface area contributed by atoms with Crippen LogP contribution < -0.4 is 5.56 Å². The molecule has 3 aromatic rings. The zero-order chi connectivity index (χ0) is 21.5. The van der Waals surface area contributed by atoms with Crippen LogP contribution in [0.1, 0.15) is 22.4 Å². The summed E-state index contributed by atoms with van der Waals surface area (Å²) in [5, 5.41) is 0.509. The highest BCUT2D eigenvalue weighted by atomic mass is 35.5. The van der Waals surface area contributed by atoms with E-state index in [4.69, 9.17) is 23.2 Å². The number of hydrogen-bond donors (Lipinski definition) is 1. The van der Waals surface area contributed by atoms with Crippen molar-refractivity contribution < 1.29 is 13.2 Å². The lowest BCUT2D eigenvalue weighted by Crippen LogP contribution is -2.35. The maximum atomic E-state index is 12.8. The summed E-state index contributed by atoms with van der Waals surface area (Å²) in [7, 11) is 0. The van der Waals surface area contributed by atoms with E-state index in [0.29, 0.717) is 48.4 Å². The number of nitrogens with zero attached hydrogens (tertiary/aromatic N) is 4.